The van der Waals surface area contributed by atoms with Crippen LogP contribution in [0.3, 0.4) is 0 Å². The third kappa shape index (κ3) is 5.41. The number of hydrogen-bond donors (Lipinski definition) is 1. The Hall–Kier alpha value is -2.18. The van der Waals surface area contributed by atoms with Crippen molar-refractivity contribution in [2.75, 3.05) is 18.1 Å². The van der Waals surface area contributed by atoms with Gasteiger partial charge < -0.3 is 5.32 Å². The maximum absolute atomic E-state index is 12.5. The van der Waals surface area contributed by atoms with E-state index in [4.69, 9.17) is 0 Å². The minimum absolute atomic E-state index is 0.168. The molecule has 0 aromatic heterocycles. The molecule has 0 fully saturated rings. The van der Waals surface area contributed by atoms with E-state index in [-0.39, 0.29) is 19.0 Å². The zero-order valence-electron chi connectivity index (χ0n) is 14.8. The predicted octanol–water partition coefficient (Wildman–Crippen LogP) is 2.96. The summed E-state index contributed by atoms with van der Waals surface area (Å²) in [4.78, 5) is 12.5. The summed E-state index contributed by atoms with van der Waals surface area (Å²) in [5.41, 5.74) is 3.60. The number of nitrogens with one attached hydrogen (secondary N) is 1. The number of carbonyl (C=O) groups excluding carboxylic acids is 1. The Morgan fingerprint density at radius 3 is 2.36 bits per heavy atom. The quantitative estimate of drug-likeness (QED) is 0.825. The minimum Gasteiger partial charge on any atom is -0.324 e. The minimum atomic E-state index is -3.50. The van der Waals surface area contributed by atoms with Gasteiger partial charge in [-0.3, -0.25) is 4.79 Å². The molecule has 2 rings (SSSR count). The van der Waals surface area contributed by atoms with Gasteiger partial charge in [-0.2, -0.15) is 4.31 Å². The van der Waals surface area contributed by atoms with Gasteiger partial charge in [-0.1, -0.05) is 55.5 Å². The van der Waals surface area contributed by atoms with Crippen LogP contribution in [0, 0.1) is 6.92 Å². The van der Waals surface area contributed by atoms with E-state index in [0.29, 0.717) is 0 Å². The second-order valence-electron chi connectivity index (χ2n) is 6.03. The van der Waals surface area contributed by atoms with Crippen LogP contribution in [0.5, 0.6) is 0 Å². The molecule has 1 N–H and O–H groups in total. The maximum Gasteiger partial charge on any atom is 0.239 e. The fourth-order valence-corrected chi connectivity index (χ4v) is 3.35. The summed E-state index contributed by atoms with van der Waals surface area (Å²) >= 11 is 0. The summed E-state index contributed by atoms with van der Waals surface area (Å²) in [6.45, 7) is 3.89. The average Bonchev–Trinajstić information content (AvgIpc) is 2.56. The SMILES string of the molecule is CCc1cccc(C)c1NC(=O)CN(Cc1ccccc1)S(C)(=O)=O. The summed E-state index contributed by atoms with van der Waals surface area (Å²) in [6.07, 6.45) is 1.91. The topological polar surface area (TPSA) is 66.5 Å². The Morgan fingerprint density at radius 1 is 1.08 bits per heavy atom. The number of amides is 1. The van der Waals surface area contributed by atoms with E-state index in [9.17, 15) is 13.2 Å². The smallest absolute Gasteiger partial charge is 0.239 e. The molecular formula is C19H24N2O3S. The molecule has 25 heavy (non-hydrogen) atoms. The average molecular weight is 360 g/mol. The van der Waals surface area contributed by atoms with Gasteiger partial charge in [0.1, 0.15) is 0 Å². The summed E-state index contributed by atoms with van der Waals surface area (Å²) < 4.78 is 25.3. The lowest BCUT2D eigenvalue weighted by Gasteiger charge is -2.20. The molecule has 1 amide bonds. The largest absolute Gasteiger partial charge is 0.324 e. The molecule has 2 aromatic rings. The molecule has 0 radical (unpaired) electrons. The van der Waals surface area contributed by atoms with Crippen molar-refractivity contribution in [1.29, 1.82) is 0 Å². The number of carbonyl (C=O) groups is 1. The van der Waals surface area contributed by atoms with Crippen molar-refractivity contribution in [2.45, 2.75) is 26.8 Å². The predicted molar refractivity (Wildman–Crippen MR) is 101 cm³/mol. The first-order valence-corrected chi connectivity index (χ1v) is 10.0. The van der Waals surface area contributed by atoms with Crippen LogP contribution in [0.1, 0.15) is 23.6 Å². The molecule has 2 aromatic carbocycles. The van der Waals surface area contributed by atoms with Gasteiger partial charge in [0.25, 0.3) is 0 Å². The number of anilines is 1. The van der Waals surface area contributed by atoms with Crippen LogP contribution < -0.4 is 5.32 Å². The highest BCUT2D eigenvalue weighted by molar-refractivity contribution is 7.88. The first-order chi connectivity index (χ1) is 11.8. The lowest BCUT2D eigenvalue weighted by Crippen LogP contribution is -2.37. The molecule has 0 saturated carbocycles. The lowest BCUT2D eigenvalue weighted by molar-refractivity contribution is -0.116. The van der Waals surface area contributed by atoms with Gasteiger partial charge in [-0.15, -0.1) is 0 Å². The Bertz CT molecular complexity index is 833. The number of nitrogens with zero attached hydrogens (tertiary/aromatic N) is 1. The molecule has 6 heteroatoms. The van der Waals surface area contributed by atoms with Gasteiger partial charge in [0.15, 0.2) is 0 Å². The van der Waals surface area contributed by atoms with Crippen molar-refractivity contribution in [3.63, 3.8) is 0 Å². The molecule has 0 aliphatic rings. The molecular weight excluding hydrogens is 336 g/mol. The van der Waals surface area contributed by atoms with Crippen LogP contribution in [-0.2, 0) is 27.8 Å². The highest BCUT2D eigenvalue weighted by Crippen LogP contribution is 2.21. The van der Waals surface area contributed by atoms with Crippen molar-refractivity contribution >= 4 is 21.6 Å². The fraction of sp³-hybridized carbons (Fsp3) is 0.316. The zero-order valence-corrected chi connectivity index (χ0v) is 15.6. The zero-order chi connectivity index (χ0) is 18.4. The molecule has 0 saturated heterocycles. The number of rotatable bonds is 7. The van der Waals surface area contributed by atoms with E-state index in [1.165, 1.54) is 4.31 Å². The molecule has 0 unspecified atom stereocenters. The maximum atomic E-state index is 12.5. The van der Waals surface area contributed by atoms with E-state index in [1.54, 1.807) is 0 Å². The van der Waals surface area contributed by atoms with Gasteiger partial charge >= 0.3 is 0 Å². The summed E-state index contributed by atoms with van der Waals surface area (Å²) in [6, 6.07) is 15.1. The van der Waals surface area contributed by atoms with E-state index < -0.39 is 10.0 Å². The van der Waals surface area contributed by atoms with Crippen molar-refractivity contribution in [1.82, 2.24) is 4.31 Å². The van der Waals surface area contributed by atoms with Gasteiger partial charge in [0, 0.05) is 12.2 Å². The molecule has 0 aliphatic heterocycles. The van der Waals surface area contributed by atoms with Crippen molar-refractivity contribution in [3.8, 4) is 0 Å². The number of hydrogen-bond acceptors (Lipinski definition) is 3. The second kappa shape index (κ2) is 8.27. The Labute approximate surface area is 149 Å². The number of para-hydroxylation sites is 1. The van der Waals surface area contributed by atoms with Crippen molar-refractivity contribution < 1.29 is 13.2 Å². The highest BCUT2D eigenvalue weighted by atomic mass is 32.2. The van der Waals surface area contributed by atoms with Gasteiger partial charge in [0.2, 0.25) is 15.9 Å². The third-order valence-corrected chi connectivity index (χ3v) is 5.19. The molecule has 134 valence electrons. The van der Waals surface area contributed by atoms with Crippen LogP contribution in [0.25, 0.3) is 0 Å². The monoisotopic (exact) mass is 360 g/mol. The van der Waals surface area contributed by atoms with Gasteiger partial charge in [0.05, 0.1) is 12.8 Å². The first kappa shape index (κ1) is 19.1. The lowest BCUT2D eigenvalue weighted by atomic mass is 10.1. The third-order valence-electron chi connectivity index (χ3n) is 4.00. The summed E-state index contributed by atoms with van der Waals surface area (Å²) in [5.74, 6) is -0.342. The molecule has 5 nitrogen and oxygen atoms in total. The summed E-state index contributed by atoms with van der Waals surface area (Å²) in [7, 11) is -3.50. The van der Waals surface area contributed by atoms with Gasteiger partial charge in [-0.25, -0.2) is 8.42 Å². The molecule has 0 heterocycles. The Kier molecular flexibility index (Phi) is 6.33. The first-order valence-electron chi connectivity index (χ1n) is 8.18. The van der Waals surface area contributed by atoms with Gasteiger partial charge in [-0.05, 0) is 30.0 Å². The molecule has 0 bridgehead atoms. The highest BCUT2D eigenvalue weighted by Gasteiger charge is 2.21. The van der Waals surface area contributed by atoms with E-state index in [1.807, 2.05) is 62.4 Å². The standard InChI is InChI=1S/C19H24N2O3S/c1-4-17-12-8-9-15(2)19(17)20-18(22)14-21(25(3,23)24)13-16-10-6-5-7-11-16/h5-12H,4,13-14H2,1-3H3,(H,20,22). The van der Waals surface area contributed by atoms with Crippen LogP contribution in [0.2, 0.25) is 0 Å². The van der Waals surface area contributed by atoms with E-state index in [0.717, 1.165) is 35.1 Å². The normalized spacial score (nSPS) is 11.5. The van der Waals surface area contributed by atoms with Crippen LogP contribution in [0.4, 0.5) is 5.69 Å². The van der Waals surface area contributed by atoms with Crippen LogP contribution >= 0.6 is 0 Å². The number of aryl methyl sites for hydroxylation is 2. The van der Waals surface area contributed by atoms with Crippen LogP contribution in [0.15, 0.2) is 48.5 Å². The molecule has 0 atom stereocenters. The molecule has 0 spiro atoms. The fourth-order valence-electron chi connectivity index (χ4n) is 2.62. The Morgan fingerprint density at radius 2 is 1.76 bits per heavy atom. The van der Waals surface area contributed by atoms with Crippen molar-refractivity contribution in [2.24, 2.45) is 0 Å². The summed E-state index contributed by atoms with van der Waals surface area (Å²) in [5, 5.41) is 2.87. The second-order valence-corrected chi connectivity index (χ2v) is 8.01. The van der Waals surface area contributed by atoms with Crippen LogP contribution in [-0.4, -0.2) is 31.4 Å². The Balaban J connectivity index is 2.15. The number of sulfonamides is 1. The number of benzene rings is 2. The van der Waals surface area contributed by atoms with Crippen molar-refractivity contribution in [3.05, 3.63) is 65.2 Å². The molecule has 0 aliphatic carbocycles. The van der Waals surface area contributed by atoms with E-state index >= 15 is 0 Å². The van der Waals surface area contributed by atoms with E-state index in [2.05, 4.69) is 5.32 Å².